The van der Waals surface area contributed by atoms with Crippen molar-refractivity contribution in [3.63, 3.8) is 0 Å². The summed E-state index contributed by atoms with van der Waals surface area (Å²) in [5, 5.41) is 0. The van der Waals surface area contributed by atoms with Crippen LogP contribution in [0.5, 0.6) is 0 Å². The van der Waals surface area contributed by atoms with Crippen molar-refractivity contribution in [2.75, 3.05) is 0 Å². The van der Waals surface area contributed by atoms with Gasteiger partial charge in [0.1, 0.15) is 0 Å². The summed E-state index contributed by atoms with van der Waals surface area (Å²) < 4.78 is 4.77. The summed E-state index contributed by atoms with van der Waals surface area (Å²) >= 11 is -2.27. The van der Waals surface area contributed by atoms with Gasteiger partial charge < -0.3 is 24.8 Å². The molecular formula is C20H18Cl2Hf. The molecule has 23 heavy (non-hydrogen) atoms. The zero-order valence-corrected chi connectivity index (χ0v) is 17.9. The molecule has 0 nitrogen and oxygen atoms in total. The molecule has 2 unspecified atom stereocenters. The van der Waals surface area contributed by atoms with Crippen molar-refractivity contribution in [2.45, 2.75) is 15.7 Å². The van der Waals surface area contributed by atoms with Crippen molar-refractivity contribution in [3.8, 4) is 0 Å². The van der Waals surface area contributed by atoms with E-state index in [9.17, 15) is 0 Å². The van der Waals surface area contributed by atoms with Gasteiger partial charge >= 0.3 is 131 Å². The summed E-state index contributed by atoms with van der Waals surface area (Å²) in [6.45, 7) is 0. The Kier molecular flexibility index (Phi) is 4.75. The molecule has 2 aromatic rings. The number of hydrogen-bond acceptors (Lipinski definition) is 0. The number of rotatable bonds is 2. The molecule has 0 amide bonds. The van der Waals surface area contributed by atoms with Crippen molar-refractivity contribution in [2.24, 2.45) is 0 Å². The van der Waals surface area contributed by atoms with Crippen LogP contribution in [0.2, 0.25) is 8.35 Å². The zero-order chi connectivity index (χ0) is 13.9. The van der Waals surface area contributed by atoms with E-state index in [2.05, 4.69) is 72.8 Å². The average Bonchev–Trinajstić information content (AvgIpc) is 3.03. The van der Waals surface area contributed by atoms with Gasteiger partial charge in [0.05, 0.1) is 0 Å². The molecule has 1 aliphatic heterocycles. The molecule has 0 saturated carbocycles. The number of halogens is 2. The fourth-order valence-corrected chi connectivity index (χ4v) is 29.6. The SMILES string of the molecule is C1=C[CH]([Hf+2]2([CH]3C=Cc4ccccc43)[CH2][CH2]2)c2ccccc21.[Cl-].[Cl-]. The van der Waals surface area contributed by atoms with Crippen LogP contribution in [0.15, 0.2) is 60.7 Å². The van der Waals surface area contributed by atoms with E-state index < -0.39 is 20.0 Å². The minimum absolute atomic E-state index is 0. The maximum Gasteiger partial charge on any atom is -1.00 e. The molecule has 0 radical (unpaired) electrons. The predicted octanol–water partition coefficient (Wildman–Crippen LogP) is -0.465. The first-order chi connectivity index (χ1) is 10.4. The molecule has 3 heteroatoms. The second kappa shape index (κ2) is 6.35. The maximum absolute atomic E-state index is 2.55. The largest absolute Gasteiger partial charge is 1.00 e. The van der Waals surface area contributed by atoms with Gasteiger partial charge in [-0.3, -0.25) is 0 Å². The standard InChI is InChI=1S/2C9H7.C2H4.2ClH.Hf/c2*1-2-5-9-7-3-6-8(9)4-1;1-2;;;/h2*1-7H;1-2H2;2*1H;/q;;;;;+2/p-2. The Labute approximate surface area is 154 Å². The fraction of sp³-hybridized carbons (Fsp3) is 0.200. The van der Waals surface area contributed by atoms with Crippen LogP contribution in [0.1, 0.15) is 29.6 Å². The van der Waals surface area contributed by atoms with Gasteiger partial charge in [0.15, 0.2) is 0 Å². The van der Waals surface area contributed by atoms with Gasteiger partial charge in [0.25, 0.3) is 0 Å². The Morgan fingerprint density at radius 2 is 1.09 bits per heavy atom. The van der Waals surface area contributed by atoms with Crippen molar-refractivity contribution >= 4 is 12.2 Å². The van der Waals surface area contributed by atoms with E-state index >= 15 is 0 Å². The topological polar surface area (TPSA) is 0 Å². The quantitative estimate of drug-likeness (QED) is 0.483. The van der Waals surface area contributed by atoms with Crippen LogP contribution in [-0.4, -0.2) is 0 Å². The van der Waals surface area contributed by atoms with Gasteiger partial charge in [-0.25, -0.2) is 0 Å². The average molecular weight is 508 g/mol. The minimum atomic E-state index is -2.27. The molecular weight excluding hydrogens is 490 g/mol. The van der Waals surface area contributed by atoms with E-state index in [0.29, 0.717) is 0 Å². The maximum atomic E-state index is 2.55. The summed E-state index contributed by atoms with van der Waals surface area (Å²) in [5.74, 6) is 0. The van der Waals surface area contributed by atoms with Crippen molar-refractivity contribution < 1.29 is 44.8 Å². The third-order valence-electron chi connectivity index (χ3n) is 5.66. The number of hydrogen-bond donors (Lipinski definition) is 0. The van der Waals surface area contributed by atoms with Crippen LogP contribution in [0.4, 0.5) is 0 Å². The molecule has 2 aliphatic carbocycles. The van der Waals surface area contributed by atoms with E-state index in [1.165, 1.54) is 11.1 Å². The molecule has 3 aliphatic rings. The fourth-order valence-electron chi connectivity index (χ4n) is 4.46. The minimum Gasteiger partial charge on any atom is -1.00 e. The second-order valence-electron chi connectivity index (χ2n) is 6.66. The second-order valence-corrected chi connectivity index (χ2v) is 23.6. The Morgan fingerprint density at radius 3 is 1.52 bits per heavy atom. The zero-order valence-electron chi connectivity index (χ0n) is 12.8. The van der Waals surface area contributed by atoms with Gasteiger partial charge in [-0.15, -0.1) is 0 Å². The predicted molar refractivity (Wildman–Crippen MR) is 86.0 cm³/mol. The molecule has 1 saturated heterocycles. The summed E-state index contributed by atoms with van der Waals surface area (Å²) in [7, 11) is 0. The third kappa shape index (κ3) is 2.52. The smallest absolute Gasteiger partial charge is 1.00 e. The van der Waals surface area contributed by atoms with Crippen LogP contribution < -0.4 is 24.8 Å². The molecule has 116 valence electrons. The summed E-state index contributed by atoms with van der Waals surface area (Å²) in [6.07, 6.45) is 9.86. The molecule has 2 atom stereocenters. The van der Waals surface area contributed by atoms with E-state index in [-0.39, 0.29) is 24.8 Å². The molecule has 0 aromatic heterocycles. The Bertz CT molecular complexity index is 726. The van der Waals surface area contributed by atoms with Crippen molar-refractivity contribution in [3.05, 3.63) is 82.9 Å². The molecule has 5 rings (SSSR count). The van der Waals surface area contributed by atoms with E-state index in [4.69, 9.17) is 0 Å². The van der Waals surface area contributed by atoms with Crippen LogP contribution in [0, 0.1) is 0 Å². The number of fused-ring (bicyclic) bond motifs is 2. The molecule has 2 aromatic carbocycles. The van der Waals surface area contributed by atoms with Crippen LogP contribution in [0.25, 0.3) is 12.2 Å². The summed E-state index contributed by atoms with van der Waals surface area (Å²) in [4.78, 5) is 0. The first-order valence-corrected chi connectivity index (χ1v) is 17.2. The van der Waals surface area contributed by atoms with Crippen LogP contribution in [-0.2, 0) is 20.0 Å². The van der Waals surface area contributed by atoms with Crippen molar-refractivity contribution in [1.82, 2.24) is 0 Å². The first-order valence-electron chi connectivity index (χ1n) is 7.93. The van der Waals surface area contributed by atoms with Crippen LogP contribution in [0.3, 0.4) is 0 Å². The molecule has 0 spiro atoms. The molecule has 1 fully saturated rings. The first kappa shape index (κ1) is 17.2. The molecule has 0 bridgehead atoms. The third-order valence-corrected chi connectivity index (χ3v) is 24.1. The molecule has 0 N–H and O–H groups in total. The van der Waals surface area contributed by atoms with Gasteiger partial charge in [-0.1, -0.05) is 0 Å². The normalized spacial score (nSPS) is 23.0. The Morgan fingerprint density at radius 1 is 0.652 bits per heavy atom. The van der Waals surface area contributed by atoms with Gasteiger partial charge in [-0.2, -0.15) is 0 Å². The Hall–Kier alpha value is -0.630. The monoisotopic (exact) mass is 508 g/mol. The Balaban J connectivity index is 0.000000781. The van der Waals surface area contributed by atoms with Gasteiger partial charge in [0.2, 0.25) is 0 Å². The van der Waals surface area contributed by atoms with Crippen molar-refractivity contribution in [1.29, 1.82) is 0 Å². The van der Waals surface area contributed by atoms with E-state index in [1.54, 1.807) is 19.5 Å². The van der Waals surface area contributed by atoms with Gasteiger partial charge in [0, 0.05) is 0 Å². The van der Waals surface area contributed by atoms with Gasteiger partial charge in [-0.05, 0) is 0 Å². The number of benzene rings is 2. The summed E-state index contributed by atoms with van der Waals surface area (Å²) in [5.41, 5.74) is 6.22. The number of allylic oxidation sites excluding steroid dienone is 2. The van der Waals surface area contributed by atoms with E-state index in [0.717, 1.165) is 7.35 Å². The van der Waals surface area contributed by atoms with E-state index in [1.807, 2.05) is 0 Å². The molecule has 1 heterocycles. The summed E-state index contributed by atoms with van der Waals surface area (Å²) in [6, 6.07) is 18.1. The van der Waals surface area contributed by atoms with Crippen LogP contribution >= 0.6 is 0 Å².